The van der Waals surface area contributed by atoms with Gasteiger partial charge in [-0.3, -0.25) is 14.4 Å². The molecule has 0 bridgehead atoms. The number of hydrogen-bond donors (Lipinski definition) is 3. The number of carbonyl (C=O) groups is 3. The summed E-state index contributed by atoms with van der Waals surface area (Å²) in [5.74, 6) is -4.58. The van der Waals surface area contributed by atoms with E-state index < -0.39 is 57.3 Å². The van der Waals surface area contributed by atoms with Crippen molar-refractivity contribution in [1.29, 1.82) is 0 Å². The van der Waals surface area contributed by atoms with Gasteiger partial charge in [-0.2, -0.15) is 0 Å². The van der Waals surface area contributed by atoms with Gasteiger partial charge < -0.3 is 21.3 Å². The Kier molecular flexibility index (Phi) is 7.13. The summed E-state index contributed by atoms with van der Waals surface area (Å²) in [4.78, 5) is 36.6. The van der Waals surface area contributed by atoms with Crippen molar-refractivity contribution in [3.63, 3.8) is 0 Å². The lowest BCUT2D eigenvalue weighted by Crippen LogP contribution is -2.49. The second kappa shape index (κ2) is 7.84. The van der Waals surface area contributed by atoms with Crippen molar-refractivity contribution in [1.82, 2.24) is 5.32 Å². The van der Waals surface area contributed by atoms with Gasteiger partial charge in [-0.05, 0) is 19.7 Å². The van der Waals surface area contributed by atoms with Crippen LogP contribution in [-0.2, 0) is 24.2 Å². The fourth-order valence-electron chi connectivity index (χ4n) is 1.25. The molecule has 0 rings (SSSR count). The Balaban J connectivity index is 4.94. The lowest BCUT2D eigenvalue weighted by atomic mass is 10.2. The monoisotopic (exact) mass is 336 g/mol. The number of nitrogens with two attached hydrogens (primary N) is 1. The first-order valence-electron chi connectivity index (χ1n) is 6.12. The number of rotatable bonds is 7. The molecule has 0 aliphatic carbocycles. The largest absolute Gasteiger partial charge is 0.860 e. The average molecular weight is 336 g/mol. The quantitative estimate of drug-likeness (QED) is 0.325. The van der Waals surface area contributed by atoms with Crippen LogP contribution in [0.4, 0.5) is 0 Å². The molecule has 0 aliphatic rings. The maximum absolute atomic E-state index is 11.6. The highest BCUT2D eigenvalue weighted by Gasteiger charge is 2.31. The van der Waals surface area contributed by atoms with E-state index in [1.54, 1.807) is 0 Å². The van der Waals surface area contributed by atoms with Gasteiger partial charge in [0.15, 0.2) is 15.1 Å². The normalized spacial score (nSPS) is 16.5. The molecule has 0 spiro atoms. The zero-order valence-corrected chi connectivity index (χ0v) is 13.1. The highest BCUT2D eigenvalue weighted by Crippen LogP contribution is 2.06. The number of carbonyl (C=O) groups excluding carboxylic acids is 2. The number of aliphatic imine (C=N–C) groups is 1. The summed E-state index contributed by atoms with van der Waals surface area (Å²) in [6, 6.07) is -2.02. The molecule has 0 aromatic carbocycles. The molecule has 3 atom stereocenters. The summed E-state index contributed by atoms with van der Waals surface area (Å²) in [6.45, 7) is 2.64. The van der Waals surface area contributed by atoms with Crippen LogP contribution in [0.3, 0.4) is 0 Å². The van der Waals surface area contributed by atoms with E-state index >= 15 is 0 Å². The molecular weight excluding hydrogens is 318 g/mol. The molecule has 126 valence electrons. The number of hydrogen-bond acceptors (Lipinski definition) is 7. The molecule has 0 saturated heterocycles. The van der Waals surface area contributed by atoms with Crippen molar-refractivity contribution in [3.8, 4) is 0 Å². The first kappa shape index (κ1) is 20.0. The van der Waals surface area contributed by atoms with E-state index in [0.29, 0.717) is 6.26 Å². The fraction of sp³-hybridized carbons (Fsp3) is 0.636. The van der Waals surface area contributed by atoms with Crippen molar-refractivity contribution < 1.29 is 33.0 Å². The maximum atomic E-state index is 11.6. The summed E-state index contributed by atoms with van der Waals surface area (Å²) >= 11 is 0. The molecule has 0 radical (unpaired) electrons. The van der Waals surface area contributed by atoms with E-state index in [4.69, 9.17) is 10.8 Å². The van der Waals surface area contributed by atoms with E-state index in [-0.39, 0.29) is 0 Å². The Morgan fingerprint density at radius 2 is 1.82 bits per heavy atom. The smallest absolute Gasteiger partial charge is 0.322 e. The van der Waals surface area contributed by atoms with Crippen molar-refractivity contribution in [3.05, 3.63) is 0 Å². The highest BCUT2D eigenvalue weighted by molar-refractivity contribution is 7.92. The average Bonchev–Trinajstić information content (AvgIpc) is 2.33. The van der Waals surface area contributed by atoms with Crippen LogP contribution in [0.15, 0.2) is 4.99 Å². The van der Waals surface area contributed by atoms with Crippen LogP contribution < -0.4 is 16.2 Å². The molecule has 1 unspecified atom stereocenters. The molecule has 22 heavy (non-hydrogen) atoms. The number of amides is 2. The van der Waals surface area contributed by atoms with Gasteiger partial charge >= 0.3 is 5.97 Å². The molecule has 0 aliphatic heterocycles. The lowest BCUT2D eigenvalue weighted by molar-refractivity contribution is -0.221. The number of sulfone groups is 1. The van der Waals surface area contributed by atoms with Crippen molar-refractivity contribution in [2.75, 3.05) is 6.26 Å². The Morgan fingerprint density at radius 3 is 2.18 bits per heavy atom. The third-order valence-electron chi connectivity index (χ3n) is 2.53. The van der Waals surface area contributed by atoms with Crippen molar-refractivity contribution >= 4 is 33.5 Å². The molecular formula is C11H18N3O7S-. The molecule has 4 N–H and O–H groups in total. The Labute approximate surface area is 127 Å². The van der Waals surface area contributed by atoms with Crippen molar-refractivity contribution in [2.45, 2.75) is 37.6 Å². The number of aliphatic carboxylic acids is 1. The minimum Gasteiger partial charge on any atom is -0.860 e. The summed E-state index contributed by atoms with van der Waals surface area (Å²) in [7, 11) is -4.02. The van der Waals surface area contributed by atoms with E-state index in [1.165, 1.54) is 13.8 Å². The molecule has 10 nitrogen and oxygen atoms in total. The van der Waals surface area contributed by atoms with Gasteiger partial charge in [0, 0.05) is 6.26 Å². The van der Waals surface area contributed by atoms with Gasteiger partial charge in [0.1, 0.15) is 0 Å². The maximum Gasteiger partial charge on any atom is 0.322 e. The molecule has 0 aromatic rings. The first-order valence-corrected chi connectivity index (χ1v) is 8.07. The zero-order chi connectivity index (χ0) is 17.7. The van der Waals surface area contributed by atoms with Crippen LogP contribution in [-0.4, -0.2) is 60.8 Å². The third-order valence-corrected chi connectivity index (χ3v) is 3.93. The number of carboxylic acids is 1. The minimum atomic E-state index is -4.02. The van der Waals surface area contributed by atoms with Gasteiger partial charge in [0.2, 0.25) is 11.8 Å². The predicted octanol–water partition coefficient (Wildman–Crippen LogP) is -2.99. The van der Waals surface area contributed by atoms with E-state index in [0.717, 1.165) is 0 Å². The molecule has 0 saturated carbocycles. The van der Waals surface area contributed by atoms with Crippen LogP contribution in [0.2, 0.25) is 0 Å². The van der Waals surface area contributed by atoms with Gasteiger partial charge in [-0.1, -0.05) is 0 Å². The van der Waals surface area contributed by atoms with Gasteiger partial charge in [-0.25, -0.2) is 13.4 Å². The summed E-state index contributed by atoms with van der Waals surface area (Å²) in [5, 5.41) is 20.5. The number of nitrogens with one attached hydrogen (secondary N) is 1. The van der Waals surface area contributed by atoms with Crippen LogP contribution in [0.1, 0.15) is 20.3 Å². The second-order valence-electron chi connectivity index (χ2n) is 4.72. The summed E-state index contributed by atoms with van der Waals surface area (Å²) in [6.07, 6.45) is -0.305. The van der Waals surface area contributed by atoms with Gasteiger partial charge in [-0.15, -0.1) is 0 Å². The Morgan fingerprint density at radius 1 is 1.32 bits per heavy atom. The fourth-order valence-corrected chi connectivity index (χ4v) is 2.06. The number of nitrogens with zero attached hydrogens (tertiary/aromatic N) is 1. The van der Waals surface area contributed by atoms with E-state index in [2.05, 4.69) is 10.3 Å². The van der Waals surface area contributed by atoms with Gasteiger partial charge in [0.25, 0.3) is 0 Å². The summed E-state index contributed by atoms with van der Waals surface area (Å²) < 4.78 is 22.4. The Hall–Kier alpha value is -2.01. The molecule has 0 aromatic heterocycles. The predicted molar refractivity (Wildman–Crippen MR) is 74.6 cm³/mol. The Bertz CT molecular complexity index is 582. The SMILES string of the molecule is C[C@H](N)C(=O)N[C@H](C)C([O-])=NC(=O)CC(C(=O)O)S(C)(=O)=O. The van der Waals surface area contributed by atoms with E-state index in [9.17, 15) is 27.9 Å². The van der Waals surface area contributed by atoms with Crippen LogP contribution in [0.25, 0.3) is 0 Å². The first-order chi connectivity index (χ1) is 9.86. The van der Waals surface area contributed by atoms with Crippen LogP contribution in [0.5, 0.6) is 0 Å². The molecule has 0 fully saturated rings. The zero-order valence-electron chi connectivity index (χ0n) is 12.3. The summed E-state index contributed by atoms with van der Waals surface area (Å²) in [5.41, 5.74) is 5.28. The molecule has 0 heterocycles. The second-order valence-corrected chi connectivity index (χ2v) is 6.95. The van der Waals surface area contributed by atoms with Gasteiger partial charge in [0.05, 0.1) is 18.5 Å². The minimum absolute atomic E-state index is 0.636. The van der Waals surface area contributed by atoms with Crippen molar-refractivity contribution in [2.24, 2.45) is 10.7 Å². The third kappa shape index (κ3) is 6.63. The van der Waals surface area contributed by atoms with Crippen LogP contribution in [0, 0.1) is 0 Å². The van der Waals surface area contributed by atoms with Crippen LogP contribution >= 0.6 is 0 Å². The number of carboxylic acid groups (broad SMARTS) is 1. The topological polar surface area (TPSA) is 179 Å². The highest BCUT2D eigenvalue weighted by atomic mass is 32.2. The lowest BCUT2D eigenvalue weighted by Gasteiger charge is -2.21. The molecule has 2 amide bonds. The molecule has 11 heteroatoms. The van der Waals surface area contributed by atoms with E-state index in [1.807, 2.05) is 0 Å². The standard InChI is InChI=1S/C11H19N3O7S/c1-5(12)9(16)13-6(2)10(17)14-8(15)4-7(11(18)19)22(3,20)21/h5-7H,4,12H2,1-3H3,(H,13,16)(H,18,19)(H,14,15,17)/p-1/t5-,6+,7?/m0/s1.